The van der Waals surface area contributed by atoms with Gasteiger partial charge in [0.05, 0.1) is 6.54 Å². The van der Waals surface area contributed by atoms with E-state index < -0.39 is 0 Å². The van der Waals surface area contributed by atoms with Crippen molar-refractivity contribution in [1.82, 2.24) is 10.2 Å². The predicted molar refractivity (Wildman–Crippen MR) is 106 cm³/mol. The van der Waals surface area contributed by atoms with E-state index in [1.807, 2.05) is 32.0 Å². The van der Waals surface area contributed by atoms with Gasteiger partial charge in [0.25, 0.3) is 0 Å². The van der Waals surface area contributed by atoms with E-state index >= 15 is 0 Å². The molecule has 1 aliphatic rings. The molecule has 0 radical (unpaired) electrons. The third-order valence-electron chi connectivity index (χ3n) is 5.39. The van der Waals surface area contributed by atoms with Gasteiger partial charge in [-0.05, 0) is 37.9 Å². The van der Waals surface area contributed by atoms with Gasteiger partial charge in [-0.2, -0.15) is 0 Å². The third kappa shape index (κ3) is 6.13. The molecule has 1 atom stereocenters. The maximum Gasteiger partial charge on any atom is 0.243 e. The largest absolute Gasteiger partial charge is 0.347 e. The van der Waals surface area contributed by atoms with Gasteiger partial charge in [0, 0.05) is 24.2 Å². The Hall–Kier alpha value is -1.88. The van der Waals surface area contributed by atoms with Crippen LogP contribution < -0.4 is 10.6 Å². The van der Waals surface area contributed by atoms with Crippen LogP contribution in [0.25, 0.3) is 0 Å². The second-order valence-corrected chi connectivity index (χ2v) is 7.44. The molecule has 1 aromatic carbocycles. The Bertz CT molecular complexity index is 597. The van der Waals surface area contributed by atoms with Gasteiger partial charge in [0.15, 0.2) is 0 Å². The fraction of sp³-hybridized carbons (Fsp3) is 0.619. The molecule has 0 aliphatic heterocycles. The molecule has 5 nitrogen and oxygen atoms in total. The number of hydrogen-bond donors (Lipinski definition) is 2. The van der Waals surface area contributed by atoms with Gasteiger partial charge in [-0.3, -0.25) is 14.5 Å². The Morgan fingerprint density at radius 2 is 1.88 bits per heavy atom. The summed E-state index contributed by atoms with van der Waals surface area (Å²) in [7, 11) is 2.17. The van der Waals surface area contributed by atoms with E-state index in [1.165, 1.54) is 32.1 Å². The van der Waals surface area contributed by atoms with Gasteiger partial charge in [-0.25, -0.2) is 0 Å². The molecule has 2 rings (SSSR count). The minimum absolute atomic E-state index is 0.00989. The summed E-state index contributed by atoms with van der Waals surface area (Å²) < 4.78 is 0. The molecule has 1 unspecified atom stereocenters. The van der Waals surface area contributed by atoms with E-state index in [0.717, 1.165) is 24.2 Å². The van der Waals surface area contributed by atoms with Crippen LogP contribution in [0, 0.1) is 5.92 Å². The standard InChI is InChI=1S/C21H33N3O2/c1-4-16(2)21(26)22-14-20(25)23-19-13-9-8-10-17(19)15-24(3)18-11-6-5-7-12-18/h8-10,13,16,18H,4-7,11-12,14-15H2,1-3H3,(H,22,26)(H,23,25). The lowest BCUT2D eigenvalue weighted by molar-refractivity contribution is -0.126. The molecule has 26 heavy (non-hydrogen) atoms. The Morgan fingerprint density at radius 1 is 1.19 bits per heavy atom. The van der Waals surface area contributed by atoms with Crippen molar-refractivity contribution >= 4 is 17.5 Å². The van der Waals surface area contributed by atoms with Crippen molar-refractivity contribution in [3.8, 4) is 0 Å². The van der Waals surface area contributed by atoms with Crippen LogP contribution in [0.3, 0.4) is 0 Å². The molecule has 2 amide bonds. The Balaban J connectivity index is 1.91. The van der Waals surface area contributed by atoms with Crippen molar-refractivity contribution in [2.24, 2.45) is 5.92 Å². The smallest absolute Gasteiger partial charge is 0.243 e. The quantitative estimate of drug-likeness (QED) is 0.746. The molecule has 0 aromatic heterocycles. The highest BCUT2D eigenvalue weighted by atomic mass is 16.2. The monoisotopic (exact) mass is 359 g/mol. The van der Waals surface area contributed by atoms with Crippen molar-refractivity contribution in [2.75, 3.05) is 18.9 Å². The van der Waals surface area contributed by atoms with Crippen LogP contribution in [0.5, 0.6) is 0 Å². The van der Waals surface area contributed by atoms with Crippen molar-refractivity contribution in [3.05, 3.63) is 29.8 Å². The second kappa shape index (κ2) is 10.3. The van der Waals surface area contributed by atoms with E-state index in [9.17, 15) is 9.59 Å². The summed E-state index contributed by atoms with van der Waals surface area (Å²) in [4.78, 5) is 26.4. The molecular weight excluding hydrogens is 326 g/mol. The average Bonchev–Trinajstić information content (AvgIpc) is 2.67. The molecule has 5 heteroatoms. The van der Waals surface area contributed by atoms with E-state index in [2.05, 4.69) is 28.6 Å². The van der Waals surface area contributed by atoms with Gasteiger partial charge in [0.1, 0.15) is 0 Å². The molecule has 1 aliphatic carbocycles. The molecule has 1 aromatic rings. The van der Waals surface area contributed by atoms with Gasteiger partial charge < -0.3 is 10.6 Å². The number of carbonyl (C=O) groups is 2. The third-order valence-corrected chi connectivity index (χ3v) is 5.39. The number of para-hydroxylation sites is 1. The number of rotatable bonds is 8. The van der Waals surface area contributed by atoms with Crippen molar-refractivity contribution < 1.29 is 9.59 Å². The van der Waals surface area contributed by atoms with Crippen LogP contribution in [0.15, 0.2) is 24.3 Å². The van der Waals surface area contributed by atoms with E-state index in [0.29, 0.717) is 6.04 Å². The van der Waals surface area contributed by atoms with Crippen molar-refractivity contribution in [1.29, 1.82) is 0 Å². The first-order valence-corrected chi connectivity index (χ1v) is 9.87. The molecule has 0 bridgehead atoms. The summed E-state index contributed by atoms with van der Waals surface area (Å²) in [6, 6.07) is 8.55. The Kier molecular flexibility index (Phi) is 8.10. The molecule has 1 fully saturated rings. The molecule has 0 heterocycles. The van der Waals surface area contributed by atoms with Crippen molar-refractivity contribution in [2.45, 2.75) is 65.0 Å². The van der Waals surface area contributed by atoms with E-state index in [-0.39, 0.29) is 24.3 Å². The SMILES string of the molecule is CCC(C)C(=O)NCC(=O)Nc1ccccc1CN(C)C1CCCCC1. The van der Waals surface area contributed by atoms with Crippen LogP contribution in [0.2, 0.25) is 0 Å². The minimum atomic E-state index is -0.186. The van der Waals surface area contributed by atoms with Gasteiger partial charge in [-0.1, -0.05) is 51.3 Å². The number of benzene rings is 1. The van der Waals surface area contributed by atoms with Crippen LogP contribution in [-0.4, -0.2) is 36.3 Å². The average molecular weight is 360 g/mol. The minimum Gasteiger partial charge on any atom is -0.347 e. The Morgan fingerprint density at radius 3 is 2.58 bits per heavy atom. The maximum atomic E-state index is 12.2. The van der Waals surface area contributed by atoms with Gasteiger partial charge in [0.2, 0.25) is 11.8 Å². The van der Waals surface area contributed by atoms with Crippen molar-refractivity contribution in [3.63, 3.8) is 0 Å². The van der Waals surface area contributed by atoms with E-state index in [4.69, 9.17) is 0 Å². The molecule has 2 N–H and O–H groups in total. The summed E-state index contributed by atoms with van der Waals surface area (Å²) in [5.74, 6) is -0.332. The topological polar surface area (TPSA) is 61.4 Å². The predicted octanol–water partition coefficient (Wildman–Crippen LogP) is 3.55. The van der Waals surface area contributed by atoms with Crippen LogP contribution in [-0.2, 0) is 16.1 Å². The first-order valence-electron chi connectivity index (χ1n) is 9.87. The molecular formula is C21H33N3O2. The molecule has 0 saturated heterocycles. The van der Waals surface area contributed by atoms with Crippen LogP contribution >= 0.6 is 0 Å². The molecule has 144 valence electrons. The number of anilines is 1. The zero-order chi connectivity index (χ0) is 18.9. The zero-order valence-electron chi connectivity index (χ0n) is 16.4. The highest BCUT2D eigenvalue weighted by molar-refractivity contribution is 5.95. The number of carbonyl (C=O) groups excluding carboxylic acids is 2. The summed E-state index contributed by atoms with van der Waals surface area (Å²) in [6.45, 7) is 4.66. The highest BCUT2D eigenvalue weighted by Gasteiger charge is 2.19. The fourth-order valence-corrected chi connectivity index (χ4v) is 3.42. The summed E-state index contributed by atoms with van der Waals surface area (Å²) in [6.07, 6.45) is 7.25. The normalized spacial score (nSPS) is 16.3. The van der Waals surface area contributed by atoms with Gasteiger partial charge >= 0.3 is 0 Å². The summed E-state index contributed by atoms with van der Waals surface area (Å²) >= 11 is 0. The first kappa shape index (κ1) is 20.4. The number of nitrogens with one attached hydrogen (secondary N) is 2. The lowest BCUT2D eigenvalue weighted by atomic mass is 9.94. The van der Waals surface area contributed by atoms with Crippen LogP contribution in [0.1, 0.15) is 57.9 Å². The number of hydrogen-bond acceptors (Lipinski definition) is 3. The zero-order valence-corrected chi connectivity index (χ0v) is 16.4. The fourth-order valence-electron chi connectivity index (χ4n) is 3.42. The molecule has 1 saturated carbocycles. The lowest BCUT2D eigenvalue weighted by Crippen LogP contribution is -2.36. The van der Waals surface area contributed by atoms with Gasteiger partial charge in [-0.15, -0.1) is 0 Å². The lowest BCUT2D eigenvalue weighted by Gasteiger charge is -2.31. The second-order valence-electron chi connectivity index (χ2n) is 7.44. The summed E-state index contributed by atoms with van der Waals surface area (Å²) in [5, 5.41) is 5.65. The first-order chi connectivity index (χ1) is 12.5. The Labute approximate surface area is 157 Å². The number of nitrogens with zero attached hydrogens (tertiary/aromatic N) is 1. The molecule has 0 spiro atoms. The van der Waals surface area contributed by atoms with E-state index in [1.54, 1.807) is 0 Å². The highest BCUT2D eigenvalue weighted by Crippen LogP contribution is 2.24. The van der Waals surface area contributed by atoms with Crippen LogP contribution in [0.4, 0.5) is 5.69 Å². The summed E-state index contributed by atoms with van der Waals surface area (Å²) in [5.41, 5.74) is 1.94. The number of amides is 2. The maximum absolute atomic E-state index is 12.2.